The topological polar surface area (TPSA) is 56.3 Å². The van der Waals surface area contributed by atoms with Crippen LogP contribution in [0.2, 0.25) is 0 Å². The molecule has 112 valence electrons. The van der Waals surface area contributed by atoms with E-state index in [1.54, 1.807) is 14.2 Å². The molecule has 0 aliphatic heterocycles. The van der Waals surface area contributed by atoms with E-state index >= 15 is 0 Å². The average molecular weight is 305 g/mol. The van der Waals surface area contributed by atoms with E-state index in [0.29, 0.717) is 6.61 Å². The van der Waals surface area contributed by atoms with Crippen LogP contribution >= 0.6 is 11.8 Å². The van der Waals surface area contributed by atoms with Crippen LogP contribution in [0.15, 0.2) is 46.7 Å². The molecule has 0 saturated heterocycles. The maximum Gasteiger partial charge on any atom is 0.192 e. The average Bonchev–Trinajstić information content (AvgIpc) is 2.53. The number of rotatable bonds is 8. The second-order valence-corrected chi connectivity index (χ2v) is 5.37. The summed E-state index contributed by atoms with van der Waals surface area (Å²) in [7, 11) is 3.35. The molecule has 0 radical (unpaired) electrons. The molecule has 0 aliphatic carbocycles. The zero-order valence-corrected chi connectivity index (χ0v) is 13.0. The molecule has 0 bridgehead atoms. The van der Waals surface area contributed by atoms with Crippen molar-refractivity contribution >= 4 is 11.8 Å². The number of hydrogen-bond donors (Lipinski definition) is 1. The minimum absolute atomic E-state index is 0.699. The minimum Gasteiger partial charge on any atom is -0.497 e. The van der Waals surface area contributed by atoms with Gasteiger partial charge in [-0.05, 0) is 30.0 Å². The van der Waals surface area contributed by atoms with E-state index < -0.39 is 0 Å². The molecule has 1 aromatic carbocycles. The van der Waals surface area contributed by atoms with Crippen LogP contribution in [0.3, 0.4) is 0 Å². The Kier molecular flexibility index (Phi) is 6.46. The standard InChI is InChI=1S/C15H19N3O2S/c1-19-7-6-16-9-12-10-17-15(18-11-12)21-14-5-3-4-13(8-14)20-2/h3-5,8,10-11,16H,6-7,9H2,1-2H3. The molecule has 2 rings (SSSR count). The van der Waals surface area contributed by atoms with Crippen molar-refractivity contribution in [3.8, 4) is 5.75 Å². The van der Waals surface area contributed by atoms with Gasteiger partial charge in [-0.1, -0.05) is 6.07 Å². The molecule has 0 unspecified atom stereocenters. The van der Waals surface area contributed by atoms with E-state index in [9.17, 15) is 0 Å². The highest BCUT2D eigenvalue weighted by atomic mass is 32.2. The first-order valence-corrected chi connectivity index (χ1v) is 7.46. The summed E-state index contributed by atoms with van der Waals surface area (Å²) in [6.07, 6.45) is 3.69. The molecule has 21 heavy (non-hydrogen) atoms. The van der Waals surface area contributed by atoms with Crippen molar-refractivity contribution < 1.29 is 9.47 Å². The van der Waals surface area contributed by atoms with Crippen molar-refractivity contribution in [2.75, 3.05) is 27.4 Å². The molecule has 2 aromatic rings. The Balaban J connectivity index is 1.89. The van der Waals surface area contributed by atoms with Crippen molar-refractivity contribution in [1.82, 2.24) is 15.3 Å². The highest BCUT2D eigenvalue weighted by molar-refractivity contribution is 7.99. The summed E-state index contributed by atoms with van der Waals surface area (Å²) < 4.78 is 10.2. The van der Waals surface area contributed by atoms with Crippen molar-refractivity contribution in [2.45, 2.75) is 16.6 Å². The molecule has 1 heterocycles. The number of benzene rings is 1. The minimum atomic E-state index is 0.699. The van der Waals surface area contributed by atoms with Crippen LogP contribution < -0.4 is 10.1 Å². The van der Waals surface area contributed by atoms with Gasteiger partial charge in [-0.15, -0.1) is 0 Å². The summed E-state index contributed by atoms with van der Waals surface area (Å²) in [5.41, 5.74) is 1.06. The summed E-state index contributed by atoms with van der Waals surface area (Å²) in [6, 6.07) is 7.85. The Morgan fingerprint density at radius 3 is 2.71 bits per heavy atom. The fourth-order valence-corrected chi connectivity index (χ4v) is 2.41. The lowest BCUT2D eigenvalue weighted by atomic mass is 10.3. The van der Waals surface area contributed by atoms with Gasteiger partial charge in [0.05, 0.1) is 13.7 Å². The van der Waals surface area contributed by atoms with E-state index in [-0.39, 0.29) is 0 Å². The van der Waals surface area contributed by atoms with E-state index in [1.807, 2.05) is 36.7 Å². The molecular weight excluding hydrogens is 286 g/mol. The quantitative estimate of drug-likeness (QED) is 0.597. The molecule has 0 aliphatic rings. The molecule has 0 fully saturated rings. The molecular formula is C15H19N3O2S. The zero-order valence-electron chi connectivity index (χ0n) is 12.2. The third kappa shape index (κ3) is 5.34. The number of aromatic nitrogens is 2. The highest BCUT2D eigenvalue weighted by Gasteiger charge is 2.02. The first-order valence-electron chi connectivity index (χ1n) is 6.64. The Labute approximate surface area is 129 Å². The largest absolute Gasteiger partial charge is 0.497 e. The van der Waals surface area contributed by atoms with Crippen LogP contribution in [0.25, 0.3) is 0 Å². The molecule has 0 saturated carbocycles. The maximum absolute atomic E-state index is 5.20. The number of methoxy groups -OCH3 is 2. The maximum atomic E-state index is 5.20. The number of nitrogens with zero attached hydrogens (tertiary/aromatic N) is 2. The number of nitrogens with one attached hydrogen (secondary N) is 1. The SMILES string of the molecule is COCCNCc1cnc(Sc2cccc(OC)c2)nc1. The predicted octanol–water partition coefficient (Wildman–Crippen LogP) is 2.37. The molecule has 0 amide bonds. The second kappa shape index (κ2) is 8.61. The Bertz CT molecular complexity index is 549. The van der Waals surface area contributed by atoms with Crippen LogP contribution in [-0.2, 0) is 11.3 Å². The fraction of sp³-hybridized carbons (Fsp3) is 0.333. The molecule has 0 atom stereocenters. The van der Waals surface area contributed by atoms with Crippen LogP contribution in [0, 0.1) is 0 Å². The molecule has 1 aromatic heterocycles. The summed E-state index contributed by atoms with van der Waals surface area (Å²) in [5, 5.41) is 3.98. The third-order valence-electron chi connectivity index (χ3n) is 2.74. The van der Waals surface area contributed by atoms with Crippen LogP contribution in [0.1, 0.15) is 5.56 Å². The van der Waals surface area contributed by atoms with Gasteiger partial charge in [-0.2, -0.15) is 0 Å². The fourth-order valence-electron chi connectivity index (χ4n) is 1.66. The highest BCUT2D eigenvalue weighted by Crippen LogP contribution is 2.27. The Hall–Kier alpha value is -1.63. The first-order chi connectivity index (χ1) is 10.3. The third-order valence-corrected chi connectivity index (χ3v) is 3.63. The van der Waals surface area contributed by atoms with Gasteiger partial charge >= 0.3 is 0 Å². The van der Waals surface area contributed by atoms with Crippen molar-refractivity contribution in [3.05, 3.63) is 42.2 Å². The summed E-state index contributed by atoms with van der Waals surface area (Å²) >= 11 is 1.52. The van der Waals surface area contributed by atoms with Crippen molar-refractivity contribution in [3.63, 3.8) is 0 Å². The number of hydrogen-bond acceptors (Lipinski definition) is 6. The van der Waals surface area contributed by atoms with Gasteiger partial charge in [-0.3, -0.25) is 0 Å². The van der Waals surface area contributed by atoms with E-state index in [1.165, 1.54) is 11.8 Å². The van der Waals surface area contributed by atoms with Gasteiger partial charge in [0.2, 0.25) is 0 Å². The smallest absolute Gasteiger partial charge is 0.192 e. The molecule has 0 spiro atoms. The van der Waals surface area contributed by atoms with Crippen LogP contribution in [-0.4, -0.2) is 37.3 Å². The molecule has 6 heteroatoms. The zero-order chi connectivity index (χ0) is 14.9. The molecule has 5 nitrogen and oxygen atoms in total. The van der Waals surface area contributed by atoms with E-state index in [4.69, 9.17) is 9.47 Å². The van der Waals surface area contributed by atoms with Crippen molar-refractivity contribution in [2.24, 2.45) is 0 Å². The second-order valence-electron chi connectivity index (χ2n) is 4.32. The van der Waals surface area contributed by atoms with Gasteiger partial charge < -0.3 is 14.8 Å². The summed E-state index contributed by atoms with van der Waals surface area (Å²) in [5.74, 6) is 0.832. The van der Waals surface area contributed by atoms with Gasteiger partial charge in [0.15, 0.2) is 5.16 Å². The lowest BCUT2D eigenvalue weighted by Crippen LogP contribution is -2.18. The molecule has 1 N–H and O–H groups in total. The lowest BCUT2D eigenvalue weighted by Gasteiger charge is -2.05. The Morgan fingerprint density at radius 2 is 2.00 bits per heavy atom. The predicted molar refractivity (Wildman–Crippen MR) is 82.7 cm³/mol. The Morgan fingerprint density at radius 1 is 1.19 bits per heavy atom. The lowest BCUT2D eigenvalue weighted by molar-refractivity contribution is 0.199. The van der Waals surface area contributed by atoms with Gasteiger partial charge in [-0.25, -0.2) is 9.97 Å². The van der Waals surface area contributed by atoms with Crippen LogP contribution in [0.4, 0.5) is 0 Å². The van der Waals surface area contributed by atoms with E-state index in [0.717, 1.165) is 34.5 Å². The normalized spacial score (nSPS) is 10.6. The van der Waals surface area contributed by atoms with E-state index in [2.05, 4.69) is 15.3 Å². The monoisotopic (exact) mass is 305 g/mol. The van der Waals surface area contributed by atoms with Crippen LogP contribution in [0.5, 0.6) is 5.75 Å². The summed E-state index contributed by atoms with van der Waals surface area (Å²) in [6.45, 7) is 2.26. The van der Waals surface area contributed by atoms with Gasteiger partial charge in [0.25, 0.3) is 0 Å². The van der Waals surface area contributed by atoms with Gasteiger partial charge in [0.1, 0.15) is 5.75 Å². The van der Waals surface area contributed by atoms with Crippen molar-refractivity contribution in [1.29, 1.82) is 0 Å². The summed E-state index contributed by atoms with van der Waals surface area (Å²) in [4.78, 5) is 9.79. The van der Waals surface area contributed by atoms with Gasteiger partial charge in [0, 0.05) is 43.1 Å². The number of ether oxygens (including phenoxy) is 2. The first kappa shape index (κ1) is 15.8.